The van der Waals surface area contributed by atoms with Gasteiger partial charge < -0.3 is 5.11 Å². The maximum atomic E-state index is 12.5. The van der Waals surface area contributed by atoms with Gasteiger partial charge in [-0.2, -0.15) is 5.26 Å². The van der Waals surface area contributed by atoms with Gasteiger partial charge in [-0.25, -0.2) is 4.39 Å². The van der Waals surface area contributed by atoms with Crippen LogP contribution in [0.2, 0.25) is 0 Å². The number of nitriles is 1. The highest BCUT2D eigenvalue weighted by molar-refractivity contribution is 5.32. The molecule has 0 saturated heterocycles. The van der Waals surface area contributed by atoms with Gasteiger partial charge in [0.15, 0.2) is 6.17 Å². The average Bonchev–Trinajstić information content (AvgIpc) is 2.09. The molecule has 0 heterocycles. The molecule has 0 aliphatic rings. The zero-order valence-electron chi connectivity index (χ0n) is 6.37. The Morgan fingerprint density at radius 1 is 1.50 bits per heavy atom. The predicted octanol–water partition coefficient (Wildman–Crippen LogP) is 1.80. The minimum Gasteiger partial charge on any atom is -0.508 e. The number of para-hydroxylation sites is 1. The Hall–Kier alpha value is -1.56. The van der Waals surface area contributed by atoms with E-state index in [-0.39, 0.29) is 12.2 Å². The quantitative estimate of drug-likeness (QED) is 0.726. The molecule has 0 spiro atoms. The fourth-order valence-corrected chi connectivity index (χ4v) is 0.922. The summed E-state index contributed by atoms with van der Waals surface area (Å²) in [5.74, 6) is 0.0374. The Morgan fingerprint density at radius 2 is 2.17 bits per heavy atom. The van der Waals surface area contributed by atoms with Crippen LogP contribution in [-0.2, 0) is 6.42 Å². The number of hydrogen-bond donors (Lipinski definition) is 1. The van der Waals surface area contributed by atoms with Gasteiger partial charge in [-0.3, -0.25) is 0 Å². The third-order valence-corrected chi connectivity index (χ3v) is 1.53. The summed E-state index contributed by atoms with van der Waals surface area (Å²) in [6.45, 7) is 0. The number of halogens is 1. The van der Waals surface area contributed by atoms with Gasteiger partial charge in [-0.1, -0.05) is 18.2 Å². The standard InChI is InChI=1S/C9H8FNO/c10-8(6-11)5-7-3-1-2-4-9(7)12/h1-4,8,12H,5H2. The Kier molecular flexibility index (Phi) is 2.65. The first-order chi connectivity index (χ1) is 5.74. The summed E-state index contributed by atoms with van der Waals surface area (Å²) < 4.78 is 12.5. The van der Waals surface area contributed by atoms with Crippen molar-refractivity contribution in [2.75, 3.05) is 0 Å². The van der Waals surface area contributed by atoms with Crippen molar-refractivity contribution in [3.05, 3.63) is 29.8 Å². The smallest absolute Gasteiger partial charge is 0.190 e. The molecule has 2 nitrogen and oxygen atoms in total. The molecule has 1 aromatic rings. The molecule has 0 aromatic heterocycles. The number of hydrogen-bond acceptors (Lipinski definition) is 2. The molecule has 1 rings (SSSR count). The lowest BCUT2D eigenvalue weighted by molar-refractivity contribution is 0.397. The molecule has 3 heteroatoms. The van der Waals surface area contributed by atoms with E-state index in [4.69, 9.17) is 5.26 Å². The van der Waals surface area contributed by atoms with E-state index < -0.39 is 6.17 Å². The summed E-state index contributed by atoms with van der Waals surface area (Å²) in [6.07, 6.45) is -1.60. The van der Waals surface area contributed by atoms with E-state index in [9.17, 15) is 9.50 Å². The van der Waals surface area contributed by atoms with E-state index in [2.05, 4.69) is 0 Å². The van der Waals surface area contributed by atoms with E-state index in [1.807, 2.05) is 0 Å². The third-order valence-electron chi connectivity index (χ3n) is 1.53. The Labute approximate surface area is 69.9 Å². The topological polar surface area (TPSA) is 44.0 Å². The SMILES string of the molecule is N#CC(F)Cc1ccccc1O. The van der Waals surface area contributed by atoms with Gasteiger partial charge in [0.05, 0.1) is 0 Å². The normalized spacial score (nSPS) is 12.0. The monoisotopic (exact) mass is 165 g/mol. The van der Waals surface area contributed by atoms with Crippen LogP contribution in [0.5, 0.6) is 5.75 Å². The summed E-state index contributed by atoms with van der Waals surface area (Å²) >= 11 is 0. The lowest BCUT2D eigenvalue weighted by atomic mass is 10.1. The van der Waals surface area contributed by atoms with Crippen LogP contribution in [0.4, 0.5) is 4.39 Å². The van der Waals surface area contributed by atoms with Gasteiger partial charge in [0.1, 0.15) is 11.8 Å². The van der Waals surface area contributed by atoms with Crippen LogP contribution in [0.1, 0.15) is 5.56 Å². The van der Waals surface area contributed by atoms with Gasteiger partial charge in [-0.15, -0.1) is 0 Å². The predicted molar refractivity (Wildman–Crippen MR) is 42.3 cm³/mol. The van der Waals surface area contributed by atoms with Crippen LogP contribution in [0.25, 0.3) is 0 Å². The minimum atomic E-state index is -1.54. The zero-order chi connectivity index (χ0) is 8.97. The first-order valence-electron chi connectivity index (χ1n) is 3.54. The largest absolute Gasteiger partial charge is 0.508 e. The highest BCUT2D eigenvalue weighted by atomic mass is 19.1. The van der Waals surface area contributed by atoms with Crippen LogP contribution in [0.3, 0.4) is 0 Å². The van der Waals surface area contributed by atoms with E-state index in [0.717, 1.165) is 0 Å². The van der Waals surface area contributed by atoms with Gasteiger partial charge >= 0.3 is 0 Å². The molecule has 0 aliphatic heterocycles. The van der Waals surface area contributed by atoms with Crippen molar-refractivity contribution >= 4 is 0 Å². The van der Waals surface area contributed by atoms with Crippen molar-refractivity contribution in [3.63, 3.8) is 0 Å². The van der Waals surface area contributed by atoms with Gasteiger partial charge in [0.2, 0.25) is 0 Å². The first kappa shape index (κ1) is 8.54. The number of rotatable bonds is 2. The molecular weight excluding hydrogens is 157 g/mol. The fourth-order valence-electron chi connectivity index (χ4n) is 0.922. The van der Waals surface area contributed by atoms with Crippen LogP contribution >= 0.6 is 0 Å². The minimum absolute atomic E-state index is 0.0374. The van der Waals surface area contributed by atoms with Gasteiger partial charge in [0.25, 0.3) is 0 Å². The van der Waals surface area contributed by atoms with Crippen molar-refractivity contribution in [1.29, 1.82) is 5.26 Å². The number of benzene rings is 1. The number of alkyl halides is 1. The number of phenols is 1. The highest BCUT2D eigenvalue weighted by Gasteiger charge is 2.07. The second-order valence-electron chi connectivity index (χ2n) is 2.43. The molecular formula is C9H8FNO. The molecule has 1 unspecified atom stereocenters. The fraction of sp³-hybridized carbons (Fsp3) is 0.222. The lowest BCUT2D eigenvalue weighted by Gasteiger charge is -2.02. The van der Waals surface area contributed by atoms with Crippen LogP contribution < -0.4 is 0 Å². The highest BCUT2D eigenvalue weighted by Crippen LogP contribution is 2.17. The van der Waals surface area contributed by atoms with Crippen LogP contribution in [0.15, 0.2) is 24.3 Å². The van der Waals surface area contributed by atoms with E-state index in [1.54, 1.807) is 18.2 Å². The maximum Gasteiger partial charge on any atom is 0.190 e. The van der Waals surface area contributed by atoms with Crippen molar-refractivity contribution in [2.45, 2.75) is 12.6 Å². The summed E-state index contributed by atoms with van der Waals surface area (Å²) in [4.78, 5) is 0. The summed E-state index contributed by atoms with van der Waals surface area (Å²) in [6, 6.07) is 7.88. The van der Waals surface area contributed by atoms with E-state index in [0.29, 0.717) is 5.56 Å². The average molecular weight is 165 g/mol. The van der Waals surface area contributed by atoms with Crippen molar-refractivity contribution in [1.82, 2.24) is 0 Å². The summed E-state index contributed by atoms with van der Waals surface area (Å²) in [7, 11) is 0. The Morgan fingerprint density at radius 3 is 2.75 bits per heavy atom. The molecule has 1 N–H and O–H groups in total. The molecule has 1 aromatic carbocycles. The van der Waals surface area contributed by atoms with Crippen molar-refractivity contribution in [3.8, 4) is 11.8 Å². The lowest BCUT2D eigenvalue weighted by Crippen LogP contribution is -2.00. The van der Waals surface area contributed by atoms with Gasteiger partial charge in [0, 0.05) is 6.42 Å². The second kappa shape index (κ2) is 3.72. The van der Waals surface area contributed by atoms with Crippen molar-refractivity contribution < 1.29 is 9.50 Å². The summed E-state index contributed by atoms with van der Waals surface area (Å²) in [5.41, 5.74) is 0.464. The van der Waals surface area contributed by atoms with Crippen LogP contribution in [-0.4, -0.2) is 11.3 Å². The molecule has 0 aliphatic carbocycles. The first-order valence-corrected chi connectivity index (χ1v) is 3.54. The van der Waals surface area contributed by atoms with Crippen molar-refractivity contribution in [2.24, 2.45) is 0 Å². The number of aromatic hydroxyl groups is 1. The molecule has 12 heavy (non-hydrogen) atoms. The molecule has 0 radical (unpaired) electrons. The molecule has 1 atom stereocenters. The Balaban J connectivity index is 2.77. The van der Waals surface area contributed by atoms with E-state index in [1.165, 1.54) is 12.1 Å². The third kappa shape index (κ3) is 1.96. The second-order valence-corrected chi connectivity index (χ2v) is 2.43. The summed E-state index contributed by atoms with van der Waals surface area (Å²) in [5, 5.41) is 17.4. The Bertz CT molecular complexity index is 306. The van der Waals surface area contributed by atoms with E-state index >= 15 is 0 Å². The maximum absolute atomic E-state index is 12.5. The number of nitrogens with zero attached hydrogens (tertiary/aromatic N) is 1. The molecule has 0 saturated carbocycles. The zero-order valence-corrected chi connectivity index (χ0v) is 6.37. The van der Waals surface area contributed by atoms with Crippen LogP contribution in [0, 0.1) is 11.3 Å². The molecule has 0 bridgehead atoms. The molecule has 0 fully saturated rings. The molecule has 62 valence electrons. The number of phenolic OH excluding ortho intramolecular Hbond substituents is 1. The van der Waals surface area contributed by atoms with Gasteiger partial charge in [-0.05, 0) is 11.6 Å². The molecule has 0 amide bonds.